The standard InChI is InChI=1S/C13H22N4O3/c1-2-5-17-6-7-19-10(8-17)11-15-12(20-16-11)13(18)3-4-14-9-13/h10,14,18H,2-9H2,1H3. The molecule has 0 spiro atoms. The van der Waals surface area contributed by atoms with Crippen LogP contribution in [0.3, 0.4) is 0 Å². The molecule has 0 amide bonds. The van der Waals surface area contributed by atoms with Crippen LogP contribution in [0.4, 0.5) is 0 Å². The van der Waals surface area contributed by atoms with Gasteiger partial charge in [0.1, 0.15) is 6.10 Å². The molecule has 3 rings (SSSR count). The molecule has 0 radical (unpaired) electrons. The van der Waals surface area contributed by atoms with E-state index in [2.05, 4.69) is 27.3 Å². The van der Waals surface area contributed by atoms with Crippen LogP contribution < -0.4 is 5.32 Å². The molecule has 0 bridgehead atoms. The topological polar surface area (TPSA) is 83.7 Å². The number of β-amino-alcohol motifs (C(OH)–C–C–N with tert-alkyl or cyclic N) is 1. The van der Waals surface area contributed by atoms with E-state index >= 15 is 0 Å². The van der Waals surface area contributed by atoms with E-state index in [1.807, 2.05) is 0 Å². The molecule has 1 aromatic rings. The lowest BCUT2D eigenvalue weighted by atomic mass is 10.0. The smallest absolute Gasteiger partial charge is 0.260 e. The number of hydrogen-bond acceptors (Lipinski definition) is 7. The highest BCUT2D eigenvalue weighted by molar-refractivity contribution is 5.05. The second-order valence-electron chi connectivity index (χ2n) is 5.58. The first kappa shape index (κ1) is 13.9. The lowest BCUT2D eigenvalue weighted by Gasteiger charge is -2.30. The molecule has 7 heteroatoms. The maximum Gasteiger partial charge on any atom is 0.260 e. The minimum absolute atomic E-state index is 0.161. The van der Waals surface area contributed by atoms with Crippen molar-refractivity contribution in [2.45, 2.75) is 31.5 Å². The van der Waals surface area contributed by atoms with Crippen LogP contribution in [-0.4, -0.2) is 59.5 Å². The van der Waals surface area contributed by atoms with Gasteiger partial charge in [0.05, 0.1) is 6.61 Å². The van der Waals surface area contributed by atoms with Crippen molar-refractivity contribution < 1.29 is 14.4 Å². The van der Waals surface area contributed by atoms with Gasteiger partial charge in [-0.2, -0.15) is 4.98 Å². The second kappa shape index (κ2) is 5.77. The summed E-state index contributed by atoms with van der Waals surface area (Å²) in [5.74, 6) is 0.842. The number of nitrogens with zero attached hydrogens (tertiary/aromatic N) is 3. The van der Waals surface area contributed by atoms with Crippen molar-refractivity contribution in [3.05, 3.63) is 11.7 Å². The molecule has 0 aromatic carbocycles. The molecule has 20 heavy (non-hydrogen) atoms. The van der Waals surface area contributed by atoms with Gasteiger partial charge in [-0.25, -0.2) is 0 Å². The van der Waals surface area contributed by atoms with Gasteiger partial charge >= 0.3 is 0 Å². The van der Waals surface area contributed by atoms with Gasteiger partial charge in [-0.05, 0) is 25.9 Å². The second-order valence-corrected chi connectivity index (χ2v) is 5.58. The number of nitrogens with one attached hydrogen (secondary N) is 1. The number of ether oxygens (including phenoxy) is 1. The summed E-state index contributed by atoms with van der Waals surface area (Å²) in [5, 5.41) is 17.5. The molecule has 2 aliphatic rings. The van der Waals surface area contributed by atoms with Gasteiger partial charge in [0.15, 0.2) is 5.60 Å². The van der Waals surface area contributed by atoms with Gasteiger partial charge in [0.25, 0.3) is 5.89 Å². The maximum atomic E-state index is 10.4. The van der Waals surface area contributed by atoms with Crippen molar-refractivity contribution in [2.75, 3.05) is 39.3 Å². The van der Waals surface area contributed by atoms with Crippen LogP contribution in [0.2, 0.25) is 0 Å². The molecule has 2 aliphatic heterocycles. The lowest BCUT2D eigenvalue weighted by Crippen LogP contribution is -2.39. The number of hydrogen-bond donors (Lipinski definition) is 2. The average Bonchev–Trinajstić information content (AvgIpc) is 3.09. The summed E-state index contributed by atoms with van der Waals surface area (Å²) in [6.45, 7) is 6.85. The molecule has 0 saturated carbocycles. The largest absolute Gasteiger partial charge is 0.379 e. The summed E-state index contributed by atoms with van der Waals surface area (Å²) in [6.07, 6.45) is 1.56. The van der Waals surface area contributed by atoms with Crippen molar-refractivity contribution in [1.29, 1.82) is 0 Å². The third-order valence-corrected chi connectivity index (χ3v) is 3.95. The van der Waals surface area contributed by atoms with E-state index in [1.54, 1.807) is 0 Å². The number of aliphatic hydroxyl groups is 1. The molecule has 112 valence electrons. The van der Waals surface area contributed by atoms with E-state index in [4.69, 9.17) is 9.26 Å². The fourth-order valence-corrected chi connectivity index (χ4v) is 2.79. The van der Waals surface area contributed by atoms with Gasteiger partial charge in [-0.15, -0.1) is 0 Å². The molecular formula is C13H22N4O3. The van der Waals surface area contributed by atoms with Gasteiger partial charge < -0.3 is 19.7 Å². The molecular weight excluding hydrogens is 260 g/mol. The first-order valence-electron chi connectivity index (χ1n) is 7.32. The van der Waals surface area contributed by atoms with Crippen molar-refractivity contribution in [1.82, 2.24) is 20.4 Å². The van der Waals surface area contributed by atoms with Gasteiger partial charge in [-0.1, -0.05) is 12.1 Å². The van der Waals surface area contributed by atoms with Crippen LogP contribution in [0.5, 0.6) is 0 Å². The van der Waals surface area contributed by atoms with Crippen LogP contribution >= 0.6 is 0 Å². The lowest BCUT2D eigenvalue weighted by molar-refractivity contribution is -0.0350. The van der Waals surface area contributed by atoms with E-state index in [1.165, 1.54) is 0 Å². The van der Waals surface area contributed by atoms with Crippen LogP contribution in [0.25, 0.3) is 0 Å². The zero-order chi connectivity index (χ0) is 14.0. The van der Waals surface area contributed by atoms with Gasteiger partial charge in [0.2, 0.25) is 5.82 Å². The third kappa shape index (κ3) is 2.71. The average molecular weight is 282 g/mol. The van der Waals surface area contributed by atoms with E-state index < -0.39 is 5.60 Å². The van der Waals surface area contributed by atoms with Crippen LogP contribution in [0.15, 0.2) is 4.52 Å². The highest BCUT2D eigenvalue weighted by atomic mass is 16.5. The summed E-state index contributed by atoms with van der Waals surface area (Å²) >= 11 is 0. The fraction of sp³-hybridized carbons (Fsp3) is 0.846. The minimum atomic E-state index is -1.02. The zero-order valence-corrected chi connectivity index (χ0v) is 11.8. The Morgan fingerprint density at radius 2 is 2.45 bits per heavy atom. The molecule has 2 saturated heterocycles. The van der Waals surface area contributed by atoms with E-state index in [0.29, 0.717) is 31.3 Å². The molecule has 2 N–H and O–H groups in total. The Labute approximate surface area is 118 Å². The SMILES string of the molecule is CCCN1CCOC(c2noc(C3(O)CCNC3)n2)C1. The Kier molecular flexibility index (Phi) is 4.02. The number of aromatic nitrogens is 2. The van der Waals surface area contributed by atoms with E-state index in [0.717, 1.165) is 32.6 Å². The Hall–Kier alpha value is -1.02. The minimum Gasteiger partial charge on any atom is -0.379 e. The van der Waals surface area contributed by atoms with Gasteiger partial charge in [-0.3, -0.25) is 4.90 Å². The van der Waals surface area contributed by atoms with E-state index in [9.17, 15) is 5.11 Å². The number of morpholine rings is 1. The normalized spacial score (nSPS) is 31.8. The summed E-state index contributed by atoms with van der Waals surface area (Å²) in [4.78, 5) is 6.71. The zero-order valence-electron chi connectivity index (χ0n) is 11.8. The maximum absolute atomic E-state index is 10.4. The Balaban J connectivity index is 1.70. The van der Waals surface area contributed by atoms with Crippen molar-refractivity contribution >= 4 is 0 Å². The molecule has 7 nitrogen and oxygen atoms in total. The molecule has 2 atom stereocenters. The molecule has 2 fully saturated rings. The molecule has 2 unspecified atom stereocenters. The number of rotatable bonds is 4. The first-order chi connectivity index (χ1) is 9.71. The highest BCUT2D eigenvalue weighted by Gasteiger charge is 2.39. The quantitative estimate of drug-likeness (QED) is 0.806. The summed E-state index contributed by atoms with van der Waals surface area (Å²) < 4.78 is 11.0. The van der Waals surface area contributed by atoms with Crippen molar-refractivity contribution in [2.24, 2.45) is 0 Å². The Bertz CT molecular complexity index is 443. The predicted octanol–water partition coefficient (Wildman–Crippen LogP) is 0.0338. The first-order valence-corrected chi connectivity index (χ1v) is 7.32. The summed E-state index contributed by atoms with van der Waals surface area (Å²) in [6, 6.07) is 0. The van der Waals surface area contributed by atoms with Crippen LogP contribution in [0.1, 0.15) is 37.6 Å². The van der Waals surface area contributed by atoms with Crippen molar-refractivity contribution in [3.63, 3.8) is 0 Å². The molecule has 3 heterocycles. The summed E-state index contributed by atoms with van der Waals surface area (Å²) in [5.41, 5.74) is -1.02. The van der Waals surface area contributed by atoms with Crippen LogP contribution in [0, 0.1) is 0 Å². The van der Waals surface area contributed by atoms with Crippen molar-refractivity contribution in [3.8, 4) is 0 Å². The predicted molar refractivity (Wildman–Crippen MR) is 71.1 cm³/mol. The van der Waals surface area contributed by atoms with Gasteiger partial charge in [0, 0.05) is 19.6 Å². The fourth-order valence-electron chi connectivity index (χ4n) is 2.79. The van der Waals surface area contributed by atoms with Crippen LogP contribution in [-0.2, 0) is 10.3 Å². The molecule has 0 aliphatic carbocycles. The van der Waals surface area contributed by atoms with E-state index in [-0.39, 0.29) is 6.10 Å². The monoisotopic (exact) mass is 282 g/mol. The Morgan fingerprint density at radius 3 is 3.20 bits per heavy atom. The third-order valence-electron chi connectivity index (χ3n) is 3.95. The summed E-state index contributed by atoms with van der Waals surface area (Å²) in [7, 11) is 0. The molecule has 1 aromatic heterocycles. The Morgan fingerprint density at radius 1 is 1.55 bits per heavy atom. The highest BCUT2D eigenvalue weighted by Crippen LogP contribution is 2.28.